The van der Waals surface area contributed by atoms with Crippen LogP contribution in [-0.4, -0.2) is 49.9 Å². The molecule has 2 amide bonds. The number of nitrogens with one attached hydrogen (secondary N) is 2. The third-order valence-electron chi connectivity index (χ3n) is 5.70. The average Bonchev–Trinajstić information content (AvgIpc) is 3.38. The molecule has 160 valence electrons. The van der Waals surface area contributed by atoms with Crippen molar-refractivity contribution in [3.05, 3.63) is 59.1 Å². The van der Waals surface area contributed by atoms with Crippen LogP contribution in [0.2, 0.25) is 0 Å². The second kappa shape index (κ2) is 7.60. The van der Waals surface area contributed by atoms with E-state index < -0.39 is 11.9 Å². The first-order valence-corrected chi connectivity index (χ1v) is 10.3. The Morgan fingerprint density at radius 1 is 1.26 bits per heavy atom. The van der Waals surface area contributed by atoms with E-state index >= 15 is 0 Å². The van der Waals surface area contributed by atoms with Crippen LogP contribution in [0.5, 0.6) is 0 Å². The Balaban J connectivity index is 1.25. The van der Waals surface area contributed by atoms with Gasteiger partial charge in [0.1, 0.15) is 23.5 Å². The summed E-state index contributed by atoms with van der Waals surface area (Å²) in [5, 5.41) is 14.1. The zero-order valence-corrected chi connectivity index (χ0v) is 17.0. The molecule has 10 heteroatoms. The number of aromatic nitrogens is 5. The van der Waals surface area contributed by atoms with Crippen molar-refractivity contribution in [1.82, 2.24) is 30.3 Å². The number of hydrogen-bond donors (Lipinski definition) is 2. The van der Waals surface area contributed by atoms with Gasteiger partial charge in [0.15, 0.2) is 0 Å². The minimum atomic E-state index is -0.692. The number of fused-ring (bicyclic) bond motifs is 1. The van der Waals surface area contributed by atoms with Gasteiger partial charge >= 0.3 is 0 Å². The largest absolute Gasteiger partial charge is 0.337 e. The Labute approximate surface area is 177 Å². The number of amides is 2. The summed E-state index contributed by atoms with van der Waals surface area (Å²) in [6.45, 7) is 0.535. The molecule has 1 aromatic carbocycles. The van der Waals surface area contributed by atoms with E-state index in [0.29, 0.717) is 31.1 Å². The van der Waals surface area contributed by atoms with Gasteiger partial charge in [-0.05, 0) is 37.0 Å². The number of anilines is 1. The third kappa shape index (κ3) is 3.92. The highest BCUT2D eigenvalue weighted by Crippen LogP contribution is 2.40. The molecule has 2 N–H and O–H groups in total. The van der Waals surface area contributed by atoms with Gasteiger partial charge in [-0.3, -0.25) is 19.6 Å². The maximum absolute atomic E-state index is 13.0. The van der Waals surface area contributed by atoms with E-state index in [2.05, 4.69) is 25.6 Å². The Kier molecular flexibility index (Phi) is 4.76. The van der Waals surface area contributed by atoms with Crippen molar-refractivity contribution in [2.45, 2.75) is 44.2 Å². The van der Waals surface area contributed by atoms with Gasteiger partial charge in [-0.2, -0.15) is 5.10 Å². The van der Waals surface area contributed by atoms with E-state index in [-0.39, 0.29) is 17.5 Å². The number of aryl methyl sites for hydroxylation is 1. The van der Waals surface area contributed by atoms with Crippen molar-refractivity contribution >= 4 is 17.6 Å². The van der Waals surface area contributed by atoms with Crippen LogP contribution in [-0.2, 0) is 17.8 Å². The summed E-state index contributed by atoms with van der Waals surface area (Å²) in [6.07, 6.45) is 3.11. The van der Waals surface area contributed by atoms with Crippen LogP contribution in [0.3, 0.4) is 0 Å². The molecule has 0 spiro atoms. The first kappa shape index (κ1) is 19.4. The molecule has 0 unspecified atom stereocenters. The SMILES string of the molecule is CN1C(=O)[C@@H](NC(=O)c2n[nH]c(Cc3ccc(F)cc3)n2)CCn2nc(C3CC3)cc21. The van der Waals surface area contributed by atoms with Crippen molar-refractivity contribution in [3.63, 3.8) is 0 Å². The Morgan fingerprint density at radius 3 is 2.77 bits per heavy atom. The van der Waals surface area contributed by atoms with Gasteiger partial charge < -0.3 is 5.32 Å². The summed E-state index contributed by atoms with van der Waals surface area (Å²) >= 11 is 0. The topological polar surface area (TPSA) is 109 Å². The highest BCUT2D eigenvalue weighted by molar-refractivity contribution is 6.00. The predicted octanol–water partition coefficient (Wildman–Crippen LogP) is 1.77. The molecule has 1 atom stereocenters. The number of carbonyl (C=O) groups is 2. The van der Waals surface area contributed by atoms with E-state index in [1.54, 1.807) is 24.1 Å². The molecule has 1 aliphatic heterocycles. The maximum atomic E-state index is 13.0. The molecule has 5 rings (SSSR count). The van der Waals surface area contributed by atoms with Crippen LogP contribution in [0.15, 0.2) is 30.3 Å². The number of carbonyl (C=O) groups excluding carboxylic acids is 2. The summed E-state index contributed by atoms with van der Waals surface area (Å²) in [5.41, 5.74) is 1.87. The number of halogens is 1. The van der Waals surface area contributed by atoms with Gasteiger partial charge in [0.2, 0.25) is 5.82 Å². The molecule has 2 aromatic heterocycles. The van der Waals surface area contributed by atoms with Gasteiger partial charge in [-0.25, -0.2) is 14.1 Å². The zero-order valence-electron chi connectivity index (χ0n) is 17.0. The Morgan fingerprint density at radius 2 is 2.03 bits per heavy atom. The van der Waals surface area contributed by atoms with E-state index in [9.17, 15) is 14.0 Å². The molecule has 31 heavy (non-hydrogen) atoms. The van der Waals surface area contributed by atoms with Crippen molar-refractivity contribution in [1.29, 1.82) is 0 Å². The molecule has 0 bridgehead atoms. The van der Waals surface area contributed by atoms with Crippen molar-refractivity contribution in [2.75, 3.05) is 11.9 Å². The minimum absolute atomic E-state index is 0.0365. The molecule has 2 aliphatic rings. The molecule has 0 radical (unpaired) electrons. The molecule has 1 saturated carbocycles. The Bertz CT molecular complexity index is 1130. The van der Waals surface area contributed by atoms with Crippen molar-refractivity contribution < 1.29 is 14.0 Å². The van der Waals surface area contributed by atoms with E-state index in [1.165, 1.54) is 12.1 Å². The number of aromatic amines is 1. The summed E-state index contributed by atoms with van der Waals surface area (Å²) in [7, 11) is 1.70. The molecule has 0 saturated heterocycles. The van der Waals surface area contributed by atoms with E-state index in [1.807, 2.05) is 10.7 Å². The van der Waals surface area contributed by atoms with Crippen LogP contribution in [0, 0.1) is 5.82 Å². The summed E-state index contributed by atoms with van der Waals surface area (Å²) < 4.78 is 14.9. The second-order valence-electron chi connectivity index (χ2n) is 8.05. The van der Waals surface area contributed by atoms with Crippen molar-refractivity contribution in [3.8, 4) is 0 Å². The monoisotopic (exact) mass is 423 g/mol. The quantitative estimate of drug-likeness (QED) is 0.650. The first-order valence-electron chi connectivity index (χ1n) is 10.3. The van der Waals surface area contributed by atoms with Crippen molar-refractivity contribution in [2.24, 2.45) is 0 Å². The third-order valence-corrected chi connectivity index (χ3v) is 5.70. The number of H-pyrrole nitrogens is 1. The summed E-state index contributed by atoms with van der Waals surface area (Å²) in [6, 6.07) is 7.31. The molecule has 9 nitrogen and oxygen atoms in total. The lowest BCUT2D eigenvalue weighted by Gasteiger charge is -2.19. The fourth-order valence-corrected chi connectivity index (χ4v) is 3.79. The van der Waals surface area contributed by atoms with Gasteiger partial charge in [-0.15, -0.1) is 5.10 Å². The zero-order chi connectivity index (χ0) is 21.5. The molecule has 1 aliphatic carbocycles. The lowest BCUT2D eigenvalue weighted by Crippen LogP contribution is -2.47. The standard InChI is InChI=1S/C21H22FN7O2/c1-28-18-11-16(13-4-5-13)27-29(18)9-8-15(21(28)31)23-20(30)19-24-17(25-26-19)10-12-2-6-14(22)7-3-12/h2-3,6-7,11,13,15H,4-5,8-10H2,1H3,(H,23,30)(H,24,25,26)/t15-/m0/s1. The summed E-state index contributed by atoms with van der Waals surface area (Å²) in [5.74, 6) is 0.670. The van der Waals surface area contributed by atoms with Crippen LogP contribution in [0.1, 0.15) is 52.9 Å². The molecular weight excluding hydrogens is 401 g/mol. The number of likely N-dealkylation sites (N-methyl/N-ethyl adjacent to an activating group) is 1. The van der Waals surface area contributed by atoms with Crippen LogP contribution in [0.4, 0.5) is 10.2 Å². The van der Waals surface area contributed by atoms with Gasteiger partial charge in [0.05, 0.1) is 5.69 Å². The normalized spacial score (nSPS) is 18.6. The smallest absolute Gasteiger partial charge is 0.291 e. The highest BCUT2D eigenvalue weighted by atomic mass is 19.1. The lowest BCUT2D eigenvalue weighted by molar-refractivity contribution is -0.120. The fraction of sp³-hybridized carbons (Fsp3) is 0.381. The molecule has 1 fully saturated rings. The number of hydrogen-bond acceptors (Lipinski definition) is 5. The second-order valence-corrected chi connectivity index (χ2v) is 8.05. The van der Waals surface area contributed by atoms with Gasteiger partial charge in [0.25, 0.3) is 11.8 Å². The Hall–Kier alpha value is -3.56. The number of benzene rings is 1. The van der Waals surface area contributed by atoms with Gasteiger partial charge in [-0.1, -0.05) is 12.1 Å². The molecule has 3 aromatic rings. The van der Waals surface area contributed by atoms with Gasteiger partial charge in [0, 0.05) is 32.0 Å². The predicted molar refractivity (Wildman–Crippen MR) is 109 cm³/mol. The minimum Gasteiger partial charge on any atom is -0.337 e. The lowest BCUT2D eigenvalue weighted by atomic mass is 10.1. The number of rotatable bonds is 5. The van der Waals surface area contributed by atoms with E-state index in [4.69, 9.17) is 0 Å². The average molecular weight is 423 g/mol. The highest BCUT2D eigenvalue weighted by Gasteiger charge is 2.34. The summed E-state index contributed by atoms with van der Waals surface area (Å²) in [4.78, 5) is 31.3. The van der Waals surface area contributed by atoms with Crippen LogP contribution in [0.25, 0.3) is 0 Å². The maximum Gasteiger partial charge on any atom is 0.291 e. The van der Waals surface area contributed by atoms with Crippen LogP contribution < -0.4 is 10.2 Å². The van der Waals surface area contributed by atoms with E-state index in [0.717, 1.165) is 29.9 Å². The fourth-order valence-electron chi connectivity index (χ4n) is 3.79. The van der Waals surface area contributed by atoms with Crippen LogP contribution >= 0.6 is 0 Å². The molecular formula is C21H22FN7O2. The first-order chi connectivity index (χ1) is 15.0. The molecule has 3 heterocycles. The number of nitrogens with zero attached hydrogens (tertiary/aromatic N) is 5.